The number of carbonyl (C=O) groups excluding carboxylic acids is 1. The highest BCUT2D eigenvalue weighted by Gasteiger charge is 2.19. The van der Waals surface area contributed by atoms with Gasteiger partial charge in [-0.1, -0.05) is 86.6 Å². The van der Waals surface area contributed by atoms with E-state index in [-0.39, 0.29) is 5.91 Å². The van der Waals surface area contributed by atoms with Crippen molar-refractivity contribution in [2.75, 3.05) is 43.0 Å². The highest BCUT2D eigenvalue weighted by molar-refractivity contribution is 9.09. The number of unbranched alkanes of at least 4 members (excludes halogenated alkanes) is 12. The van der Waals surface area contributed by atoms with Gasteiger partial charge in [-0.25, -0.2) is 4.98 Å². The van der Waals surface area contributed by atoms with E-state index < -0.39 is 0 Å². The lowest BCUT2D eigenvalue weighted by Gasteiger charge is -2.37. The van der Waals surface area contributed by atoms with Crippen LogP contribution in [-0.2, 0) is 0 Å². The molecule has 2 rings (SSSR count). The van der Waals surface area contributed by atoms with Gasteiger partial charge in [-0.3, -0.25) is 9.69 Å². The fraction of sp³-hybridized carbons (Fsp3) is 0.786. The van der Waals surface area contributed by atoms with Gasteiger partial charge in [0.15, 0.2) is 0 Å². The number of halogens is 1. The normalized spacial score (nSPS) is 14.6. The van der Waals surface area contributed by atoms with E-state index in [0.717, 1.165) is 50.3 Å². The molecule has 0 radical (unpaired) electrons. The second kappa shape index (κ2) is 18.2. The van der Waals surface area contributed by atoms with Gasteiger partial charge in [-0.2, -0.15) is 0 Å². The van der Waals surface area contributed by atoms with Crippen molar-refractivity contribution >= 4 is 27.7 Å². The molecule has 1 aromatic heterocycles. The lowest BCUT2D eigenvalue weighted by Crippen LogP contribution is -2.49. The van der Waals surface area contributed by atoms with Gasteiger partial charge in [0.1, 0.15) is 5.82 Å². The molecule has 2 heterocycles. The summed E-state index contributed by atoms with van der Waals surface area (Å²) < 4.78 is 0. The Hall–Kier alpha value is -1.14. The summed E-state index contributed by atoms with van der Waals surface area (Å²) in [6.45, 7) is 9.38. The predicted molar refractivity (Wildman–Crippen MR) is 149 cm³/mol. The molecular formula is C28H49BrN4O. The number of aromatic nitrogens is 1. The van der Waals surface area contributed by atoms with Crippen molar-refractivity contribution in [3.8, 4) is 0 Å². The van der Waals surface area contributed by atoms with Gasteiger partial charge < -0.3 is 10.2 Å². The summed E-state index contributed by atoms with van der Waals surface area (Å²) in [5.74, 6) is 0.973. The molecule has 0 saturated carbocycles. The van der Waals surface area contributed by atoms with E-state index in [1.54, 1.807) is 6.20 Å². The van der Waals surface area contributed by atoms with Crippen molar-refractivity contribution in [1.82, 2.24) is 15.2 Å². The van der Waals surface area contributed by atoms with Crippen LogP contribution in [0, 0.1) is 0 Å². The van der Waals surface area contributed by atoms with E-state index in [1.165, 1.54) is 77.0 Å². The third-order valence-electron chi connectivity index (χ3n) is 6.97. The average Bonchev–Trinajstić information content (AvgIpc) is 2.86. The first-order valence-corrected chi connectivity index (χ1v) is 15.0. The van der Waals surface area contributed by atoms with Crippen LogP contribution in [-0.4, -0.2) is 59.9 Å². The molecule has 6 heteroatoms. The summed E-state index contributed by atoms with van der Waals surface area (Å²) >= 11 is 3.50. The molecule has 0 aromatic carbocycles. The molecule has 0 atom stereocenters. The van der Waals surface area contributed by atoms with Crippen molar-refractivity contribution in [3.63, 3.8) is 0 Å². The van der Waals surface area contributed by atoms with Gasteiger partial charge in [0.05, 0.1) is 5.56 Å². The van der Waals surface area contributed by atoms with Gasteiger partial charge in [-0.15, -0.1) is 0 Å². The molecule has 5 nitrogen and oxygen atoms in total. The molecule has 0 unspecified atom stereocenters. The quantitative estimate of drug-likeness (QED) is 0.165. The zero-order valence-electron chi connectivity index (χ0n) is 21.9. The molecule has 0 spiro atoms. The van der Waals surface area contributed by atoms with Crippen molar-refractivity contribution < 1.29 is 4.79 Å². The largest absolute Gasteiger partial charge is 0.354 e. The van der Waals surface area contributed by atoms with Crippen LogP contribution in [0.4, 0.5) is 5.82 Å². The van der Waals surface area contributed by atoms with Crippen LogP contribution in [0.1, 0.15) is 108 Å². The minimum absolute atomic E-state index is 0.00382. The van der Waals surface area contributed by atoms with Crippen LogP contribution in [0.3, 0.4) is 0 Å². The monoisotopic (exact) mass is 536 g/mol. The number of piperazine rings is 1. The number of pyridine rings is 1. The van der Waals surface area contributed by atoms with Crippen LogP contribution in [0.2, 0.25) is 0 Å². The Labute approximate surface area is 217 Å². The maximum atomic E-state index is 12.4. The summed E-state index contributed by atoms with van der Waals surface area (Å²) in [6.07, 6.45) is 19.1. The fourth-order valence-electron chi connectivity index (χ4n) is 4.64. The molecule has 1 aliphatic heterocycles. The first-order chi connectivity index (χ1) is 16.6. The molecule has 0 bridgehead atoms. The highest BCUT2D eigenvalue weighted by Crippen LogP contribution is 2.16. The molecule has 1 saturated heterocycles. The maximum absolute atomic E-state index is 12.4. The van der Waals surface area contributed by atoms with Gasteiger partial charge >= 0.3 is 0 Å². The third kappa shape index (κ3) is 12.0. The van der Waals surface area contributed by atoms with E-state index in [2.05, 4.69) is 49.9 Å². The average molecular weight is 538 g/mol. The summed E-state index contributed by atoms with van der Waals surface area (Å²) in [4.78, 5) is 21.8. The topological polar surface area (TPSA) is 48.5 Å². The lowest BCUT2D eigenvalue weighted by molar-refractivity contribution is 0.0952. The van der Waals surface area contributed by atoms with E-state index in [0.29, 0.717) is 11.6 Å². The second-order valence-electron chi connectivity index (χ2n) is 10.1. The Balaban J connectivity index is 1.45. The van der Waals surface area contributed by atoms with E-state index in [1.807, 2.05) is 12.1 Å². The van der Waals surface area contributed by atoms with Gasteiger partial charge in [0, 0.05) is 50.3 Å². The summed E-state index contributed by atoms with van der Waals surface area (Å²) in [5, 5.41) is 4.21. The first kappa shape index (κ1) is 29.1. The number of anilines is 1. The third-order valence-corrected chi connectivity index (χ3v) is 7.54. The Bertz CT molecular complexity index is 644. The minimum Gasteiger partial charge on any atom is -0.354 e. The number of hydrogen-bond acceptors (Lipinski definition) is 4. The number of alkyl halides is 1. The number of carbonyl (C=O) groups is 1. The summed E-state index contributed by atoms with van der Waals surface area (Å²) in [7, 11) is 0. The number of nitrogens with zero attached hydrogens (tertiary/aromatic N) is 3. The van der Waals surface area contributed by atoms with Crippen LogP contribution in [0.25, 0.3) is 0 Å². The minimum atomic E-state index is -0.00382. The van der Waals surface area contributed by atoms with Crippen LogP contribution < -0.4 is 10.2 Å². The Morgan fingerprint density at radius 3 is 1.85 bits per heavy atom. The smallest absolute Gasteiger partial charge is 0.252 e. The Kier molecular flexibility index (Phi) is 15.6. The van der Waals surface area contributed by atoms with Gasteiger partial charge in [0.2, 0.25) is 0 Å². The molecule has 1 aromatic rings. The van der Waals surface area contributed by atoms with E-state index in [4.69, 9.17) is 0 Å². The molecule has 1 fully saturated rings. The number of nitrogens with one attached hydrogen (secondary N) is 1. The first-order valence-electron chi connectivity index (χ1n) is 13.9. The number of hydrogen-bond donors (Lipinski definition) is 1. The van der Waals surface area contributed by atoms with Crippen molar-refractivity contribution in [2.45, 2.75) is 103 Å². The number of rotatable bonds is 18. The molecular weight excluding hydrogens is 488 g/mol. The summed E-state index contributed by atoms with van der Waals surface area (Å²) in [5.41, 5.74) is 0.660. The zero-order chi connectivity index (χ0) is 24.4. The Morgan fingerprint density at radius 1 is 0.853 bits per heavy atom. The van der Waals surface area contributed by atoms with Gasteiger partial charge in [0.25, 0.3) is 5.91 Å². The van der Waals surface area contributed by atoms with E-state index in [9.17, 15) is 4.79 Å². The molecule has 0 aliphatic carbocycles. The van der Waals surface area contributed by atoms with Crippen LogP contribution in [0.5, 0.6) is 0 Å². The molecule has 1 N–H and O–H groups in total. The fourth-order valence-corrected chi connectivity index (χ4v) is 5.04. The van der Waals surface area contributed by atoms with E-state index >= 15 is 0 Å². The molecule has 1 amide bonds. The Morgan fingerprint density at radius 2 is 1.38 bits per heavy atom. The summed E-state index contributed by atoms with van der Waals surface area (Å²) in [6, 6.07) is 4.50. The predicted octanol–water partition coefficient (Wildman–Crippen LogP) is 6.81. The second-order valence-corrected chi connectivity index (χ2v) is 10.9. The standard InChI is InChI=1S/C28H49BrN4O/c1-25(2)32-20-22-33(23-21-32)27-17-16-26(24-31-27)28(34)30-19-15-13-11-9-7-5-3-4-6-8-10-12-14-18-29/h16-17,24-25H,3-15,18-23H2,1-2H3,(H,30,34). The SMILES string of the molecule is CC(C)N1CCN(c2ccc(C(=O)NCCCCCCCCCCCCCCCBr)cn2)CC1. The maximum Gasteiger partial charge on any atom is 0.252 e. The van der Waals surface area contributed by atoms with Crippen molar-refractivity contribution in [2.24, 2.45) is 0 Å². The van der Waals surface area contributed by atoms with Crippen LogP contribution in [0.15, 0.2) is 18.3 Å². The van der Waals surface area contributed by atoms with Crippen LogP contribution >= 0.6 is 15.9 Å². The van der Waals surface area contributed by atoms with Gasteiger partial charge in [-0.05, 0) is 38.8 Å². The molecule has 194 valence electrons. The van der Waals surface area contributed by atoms with Crippen molar-refractivity contribution in [3.05, 3.63) is 23.9 Å². The molecule has 34 heavy (non-hydrogen) atoms. The zero-order valence-corrected chi connectivity index (χ0v) is 23.5. The van der Waals surface area contributed by atoms with Crippen molar-refractivity contribution in [1.29, 1.82) is 0 Å². The molecule has 1 aliphatic rings. The highest BCUT2D eigenvalue weighted by atomic mass is 79.9. The lowest BCUT2D eigenvalue weighted by atomic mass is 10.0. The number of amides is 1.